The Balaban J connectivity index is 1.21. The number of fused-ring (bicyclic) bond motifs is 11. The summed E-state index contributed by atoms with van der Waals surface area (Å²) in [4.78, 5) is 10.7. The Kier molecular flexibility index (Phi) is 6.35. The molecule has 1 aromatic heterocycles. The van der Waals surface area contributed by atoms with Crippen molar-refractivity contribution in [3.05, 3.63) is 179 Å². The molecule has 51 heavy (non-hydrogen) atoms. The van der Waals surface area contributed by atoms with E-state index in [0.717, 1.165) is 33.9 Å². The zero-order valence-electron chi connectivity index (χ0n) is 29.7. The summed E-state index contributed by atoms with van der Waals surface area (Å²) in [5.41, 5.74) is 18.4. The normalized spacial score (nSPS) is 16.5. The van der Waals surface area contributed by atoms with Crippen LogP contribution in [-0.4, -0.2) is 9.97 Å². The molecule has 2 heteroatoms. The summed E-state index contributed by atoms with van der Waals surface area (Å²) in [6.07, 6.45) is 2.37. The molecular formula is C49H40N2. The van der Waals surface area contributed by atoms with Crippen molar-refractivity contribution in [3.63, 3.8) is 0 Å². The van der Waals surface area contributed by atoms with Gasteiger partial charge in [-0.15, -0.1) is 0 Å². The van der Waals surface area contributed by atoms with Gasteiger partial charge in [-0.3, -0.25) is 0 Å². The Morgan fingerprint density at radius 3 is 1.45 bits per heavy atom. The molecule has 0 bridgehead atoms. The Bertz CT molecular complexity index is 2470. The van der Waals surface area contributed by atoms with Gasteiger partial charge in [-0.2, -0.15) is 0 Å². The fraction of sp³-hybridized carbons (Fsp3) is 0.184. The standard InChI is InChI=1S/C49H40N2/c1-47(2)26-27-48(3,4)43-28-32(23-25-41(43)47)45-30-44(31-14-6-5-7-15-31)50-46(51-45)33-22-24-37-36-18-10-13-21-40(36)49(42(37)29-33)38-19-11-8-16-34(38)35-17-9-12-20-39(35)49/h5-25,28-30H,26-27H2,1-4H3. The van der Waals surface area contributed by atoms with E-state index in [4.69, 9.17) is 9.97 Å². The first-order chi connectivity index (χ1) is 24.8. The third-order valence-corrected chi connectivity index (χ3v) is 12.2. The number of rotatable bonds is 3. The van der Waals surface area contributed by atoms with Crippen LogP contribution in [0.15, 0.2) is 146 Å². The highest BCUT2D eigenvalue weighted by Gasteiger charge is 2.51. The molecule has 0 fully saturated rings. The van der Waals surface area contributed by atoms with Gasteiger partial charge in [0.25, 0.3) is 0 Å². The fourth-order valence-electron chi connectivity index (χ4n) is 9.46. The van der Waals surface area contributed by atoms with Crippen LogP contribution in [0.2, 0.25) is 0 Å². The maximum atomic E-state index is 5.40. The maximum Gasteiger partial charge on any atom is 0.160 e. The van der Waals surface area contributed by atoms with Gasteiger partial charge in [0.2, 0.25) is 0 Å². The molecule has 10 rings (SSSR count). The van der Waals surface area contributed by atoms with E-state index < -0.39 is 5.41 Å². The molecule has 0 N–H and O–H groups in total. The summed E-state index contributed by atoms with van der Waals surface area (Å²) >= 11 is 0. The van der Waals surface area contributed by atoms with Crippen molar-refractivity contribution in [2.45, 2.75) is 56.8 Å². The van der Waals surface area contributed by atoms with Gasteiger partial charge >= 0.3 is 0 Å². The zero-order chi connectivity index (χ0) is 34.5. The molecule has 1 spiro atoms. The highest BCUT2D eigenvalue weighted by atomic mass is 14.9. The minimum atomic E-state index is -0.411. The van der Waals surface area contributed by atoms with Crippen LogP contribution in [0.25, 0.3) is 56.2 Å². The minimum Gasteiger partial charge on any atom is -0.228 e. The molecule has 0 atom stereocenters. The van der Waals surface area contributed by atoms with E-state index in [0.29, 0.717) is 0 Å². The molecule has 0 saturated carbocycles. The van der Waals surface area contributed by atoms with Gasteiger partial charge in [-0.1, -0.05) is 155 Å². The molecule has 1 heterocycles. The fourth-order valence-corrected chi connectivity index (χ4v) is 9.46. The Morgan fingerprint density at radius 2 is 0.843 bits per heavy atom. The monoisotopic (exact) mass is 656 g/mol. The summed E-state index contributed by atoms with van der Waals surface area (Å²) in [6.45, 7) is 9.56. The maximum absolute atomic E-state index is 5.40. The van der Waals surface area contributed by atoms with Crippen LogP contribution in [0.1, 0.15) is 73.9 Å². The lowest BCUT2D eigenvalue weighted by molar-refractivity contribution is 0.332. The van der Waals surface area contributed by atoms with E-state index in [-0.39, 0.29) is 10.8 Å². The van der Waals surface area contributed by atoms with Crippen molar-refractivity contribution in [2.75, 3.05) is 0 Å². The minimum absolute atomic E-state index is 0.107. The molecule has 6 aromatic carbocycles. The summed E-state index contributed by atoms with van der Waals surface area (Å²) in [5.74, 6) is 0.747. The lowest BCUT2D eigenvalue weighted by Gasteiger charge is -2.42. The predicted molar refractivity (Wildman–Crippen MR) is 210 cm³/mol. The van der Waals surface area contributed by atoms with E-state index in [1.807, 2.05) is 0 Å². The number of hydrogen-bond donors (Lipinski definition) is 0. The largest absolute Gasteiger partial charge is 0.228 e. The number of benzene rings is 6. The lowest BCUT2D eigenvalue weighted by Crippen LogP contribution is -2.33. The van der Waals surface area contributed by atoms with E-state index in [1.54, 1.807) is 0 Å². The zero-order valence-corrected chi connectivity index (χ0v) is 29.7. The predicted octanol–water partition coefficient (Wildman–Crippen LogP) is 12.2. The molecular weight excluding hydrogens is 617 g/mol. The molecule has 7 aromatic rings. The van der Waals surface area contributed by atoms with Gasteiger partial charge in [-0.25, -0.2) is 9.97 Å². The van der Waals surface area contributed by atoms with Gasteiger partial charge < -0.3 is 0 Å². The number of nitrogens with zero attached hydrogens (tertiary/aromatic N) is 2. The van der Waals surface area contributed by atoms with Crippen molar-refractivity contribution in [1.82, 2.24) is 9.97 Å². The molecule has 0 aliphatic heterocycles. The van der Waals surface area contributed by atoms with Crippen LogP contribution < -0.4 is 0 Å². The molecule has 2 nitrogen and oxygen atoms in total. The van der Waals surface area contributed by atoms with Crippen LogP contribution in [0.4, 0.5) is 0 Å². The average Bonchev–Trinajstić information content (AvgIpc) is 3.64. The second kappa shape index (κ2) is 10.7. The first kappa shape index (κ1) is 30.2. The molecule has 246 valence electrons. The summed E-state index contributed by atoms with van der Waals surface area (Å²) in [7, 11) is 0. The lowest BCUT2D eigenvalue weighted by atomic mass is 9.63. The van der Waals surface area contributed by atoms with Crippen LogP contribution >= 0.6 is 0 Å². The highest BCUT2D eigenvalue weighted by Crippen LogP contribution is 2.63. The first-order valence-corrected chi connectivity index (χ1v) is 18.3. The Labute approximate surface area is 300 Å². The van der Waals surface area contributed by atoms with Gasteiger partial charge in [0, 0.05) is 16.7 Å². The topological polar surface area (TPSA) is 25.8 Å². The van der Waals surface area contributed by atoms with E-state index in [9.17, 15) is 0 Å². The third-order valence-electron chi connectivity index (χ3n) is 12.2. The van der Waals surface area contributed by atoms with E-state index >= 15 is 0 Å². The second-order valence-electron chi connectivity index (χ2n) is 16.0. The van der Waals surface area contributed by atoms with Crippen molar-refractivity contribution >= 4 is 0 Å². The van der Waals surface area contributed by atoms with Crippen molar-refractivity contribution in [3.8, 4) is 56.2 Å². The Hall–Kier alpha value is -5.60. The second-order valence-corrected chi connectivity index (χ2v) is 16.0. The molecule has 0 unspecified atom stereocenters. The molecule has 0 saturated heterocycles. The van der Waals surface area contributed by atoms with Crippen LogP contribution in [-0.2, 0) is 16.2 Å². The average molecular weight is 657 g/mol. The van der Waals surface area contributed by atoms with E-state index in [2.05, 4.69) is 173 Å². The summed E-state index contributed by atoms with van der Waals surface area (Å²) < 4.78 is 0. The summed E-state index contributed by atoms with van der Waals surface area (Å²) in [5, 5.41) is 0. The highest BCUT2D eigenvalue weighted by molar-refractivity contribution is 5.95. The van der Waals surface area contributed by atoms with Crippen LogP contribution in [0.3, 0.4) is 0 Å². The van der Waals surface area contributed by atoms with Crippen molar-refractivity contribution < 1.29 is 0 Å². The smallest absolute Gasteiger partial charge is 0.160 e. The van der Waals surface area contributed by atoms with E-state index in [1.165, 1.54) is 68.5 Å². The van der Waals surface area contributed by atoms with Gasteiger partial charge in [0.1, 0.15) is 0 Å². The molecule has 0 radical (unpaired) electrons. The van der Waals surface area contributed by atoms with Gasteiger partial charge in [0.15, 0.2) is 5.82 Å². The molecule has 3 aliphatic carbocycles. The third kappa shape index (κ3) is 4.29. The molecule has 3 aliphatic rings. The molecule has 0 amide bonds. The van der Waals surface area contributed by atoms with Gasteiger partial charge in [0.05, 0.1) is 16.8 Å². The summed E-state index contributed by atoms with van der Waals surface area (Å²) in [6, 6.07) is 53.6. The number of hydrogen-bond acceptors (Lipinski definition) is 2. The van der Waals surface area contributed by atoms with Crippen LogP contribution in [0, 0.1) is 0 Å². The van der Waals surface area contributed by atoms with Crippen molar-refractivity contribution in [1.29, 1.82) is 0 Å². The Morgan fingerprint density at radius 1 is 0.373 bits per heavy atom. The van der Waals surface area contributed by atoms with Gasteiger partial charge in [-0.05, 0) is 97.5 Å². The van der Waals surface area contributed by atoms with Crippen molar-refractivity contribution in [2.24, 2.45) is 0 Å². The first-order valence-electron chi connectivity index (χ1n) is 18.3. The SMILES string of the molecule is CC1(C)CCC(C)(C)c2cc(-c3cc(-c4ccccc4)nc(-c4ccc5c(c4)C4(c6ccccc6-c6ccccc64)c4ccccc4-5)n3)ccc21. The quantitative estimate of drug-likeness (QED) is 0.189. The number of aromatic nitrogens is 2. The van der Waals surface area contributed by atoms with Crippen LogP contribution in [0.5, 0.6) is 0 Å².